The molecule has 1 aliphatic heterocycles. The molecule has 1 rings (SSSR count). The molecule has 9 heavy (non-hydrogen) atoms. The Labute approximate surface area is 79.3 Å². The normalized spacial score (nSPS) is 16.7. The summed E-state index contributed by atoms with van der Waals surface area (Å²) in [5.74, 6) is 0. The Morgan fingerprint density at radius 2 is 1.44 bits per heavy atom. The van der Waals surface area contributed by atoms with Gasteiger partial charge in [-0.1, -0.05) is 6.42 Å². The number of hydrogen-bond acceptors (Lipinski definition) is 2. The molecule has 3 heteroatoms. The van der Waals surface area contributed by atoms with Crippen molar-refractivity contribution in [1.29, 1.82) is 0 Å². The summed E-state index contributed by atoms with van der Waals surface area (Å²) in [4.78, 5) is 0. The van der Waals surface area contributed by atoms with Crippen LogP contribution in [0.15, 0.2) is 0 Å². The Morgan fingerprint density at radius 1 is 1.00 bits per heavy atom. The van der Waals surface area contributed by atoms with Crippen LogP contribution in [-0.2, 0) is 0 Å². The molecular weight excluding hydrogens is 125 g/mol. The van der Waals surface area contributed by atoms with Gasteiger partial charge < -0.3 is 10.4 Å². The molecule has 1 heterocycles. The average molecular weight is 139 g/mol. The number of piperidine rings is 1. The molecule has 0 amide bonds. The van der Waals surface area contributed by atoms with E-state index < -0.39 is 0 Å². The molecule has 0 bridgehead atoms. The minimum atomic E-state index is 0. The fourth-order valence-electron chi connectivity index (χ4n) is 0.802. The van der Waals surface area contributed by atoms with Gasteiger partial charge in [-0.3, -0.25) is 0 Å². The smallest absolute Gasteiger partial charge is 0.857 e. The molecule has 0 saturated carbocycles. The van der Waals surface area contributed by atoms with Gasteiger partial charge in [-0.15, -0.1) is 0 Å². The first-order valence-corrected chi connectivity index (χ1v) is 3.12. The van der Waals surface area contributed by atoms with Crippen LogP contribution in [0.3, 0.4) is 0 Å². The molecule has 0 spiro atoms. The Hall–Kier alpha value is 0.920. The SMILES string of the molecule is C1CCNCC1.C[O-].[Na+]. The summed E-state index contributed by atoms with van der Waals surface area (Å²) >= 11 is 0. The third-order valence-electron chi connectivity index (χ3n) is 1.21. The average Bonchev–Trinajstić information content (AvgIpc) is 1.96. The zero-order valence-electron chi connectivity index (χ0n) is 6.44. The molecule has 1 fully saturated rings. The van der Waals surface area contributed by atoms with Gasteiger partial charge in [-0.25, -0.2) is 0 Å². The summed E-state index contributed by atoms with van der Waals surface area (Å²) < 4.78 is 0. The second-order valence-corrected chi connectivity index (χ2v) is 1.81. The number of rotatable bonds is 0. The molecule has 0 aliphatic carbocycles. The number of nitrogens with one attached hydrogen (secondary N) is 1. The number of hydrogen-bond donors (Lipinski definition) is 1. The zero-order valence-corrected chi connectivity index (χ0v) is 8.44. The Kier molecular flexibility index (Phi) is 16.3. The van der Waals surface area contributed by atoms with Gasteiger partial charge in [0.1, 0.15) is 0 Å². The van der Waals surface area contributed by atoms with E-state index in [-0.39, 0.29) is 29.6 Å². The fraction of sp³-hybridized carbons (Fsp3) is 1.00. The first-order valence-electron chi connectivity index (χ1n) is 3.12. The van der Waals surface area contributed by atoms with Gasteiger partial charge >= 0.3 is 29.6 Å². The van der Waals surface area contributed by atoms with Crippen molar-refractivity contribution in [3.63, 3.8) is 0 Å². The van der Waals surface area contributed by atoms with Crippen LogP contribution in [0.25, 0.3) is 0 Å². The van der Waals surface area contributed by atoms with E-state index in [2.05, 4.69) is 5.32 Å². The van der Waals surface area contributed by atoms with Crippen molar-refractivity contribution in [2.24, 2.45) is 0 Å². The van der Waals surface area contributed by atoms with Crippen LogP contribution in [0.4, 0.5) is 0 Å². The maximum atomic E-state index is 8.25. The summed E-state index contributed by atoms with van der Waals surface area (Å²) in [6.07, 6.45) is 4.22. The van der Waals surface area contributed by atoms with Crippen LogP contribution in [0.5, 0.6) is 0 Å². The van der Waals surface area contributed by atoms with Crippen molar-refractivity contribution in [3.05, 3.63) is 0 Å². The maximum Gasteiger partial charge on any atom is 1.00 e. The molecule has 0 aromatic carbocycles. The van der Waals surface area contributed by atoms with Crippen molar-refractivity contribution in [2.45, 2.75) is 19.3 Å². The van der Waals surface area contributed by atoms with Gasteiger partial charge in [-0.05, 0) is 25.9 Å². The summed E-state index contributed by atoms with van der Waals surface area (Å²) in [7, 11) is 0.750. The fourth-order valence-corrected chi connectivity index (χ4v) is 0.802. The Balaban J connectivity index is 0. The summed E-state index contributed by atoms with van der Waals surface area (Å²) in [6, 6.07) is 0. The third kappa shape index (κ3) is 8.92. The second kappa shape index (κ2) is 11.7. The monoisotopic (exact) mass is 139 g/mol. The maximum absolute atomic E-state index is 8.25. The van der Waals surface area contributed by atoms with Crippen molar-refractivity contribution in [2.75, 3.05) is 20.2 Å². The molecular formula is C6H14NNaO. The van der Waals surface area contributed by atoms with Gasteiger partial charge in [0.2, 0.25) is 0 Å². The Morgan fingerprint density at radius 3 is 1.56 bits per heavy atom. The molecule has 1 aliphatic rings. The molecule has 0 atom stereocenters. The summed E-state index contributed by atoms with van der Waals surface area (Å²) in [5.41, 5.74) is 0. The molecule has 0 aromatic heterocycles. The van der Waals surface area contributed by atoms with E-state index in [1.165, 1.54) is 32.4 Å². The second-order valence-electron chi connectivity index (χ2n) is 1.81. The molecule has 50 valence electrons. The van der Waals surface area contributed by atoms with Gasteiger partial charge in [-0.2, -0.15) is 7.11 Å². The van der Waals surface area contributed by atoms with Crippen molar-refractivity contribution >= 4 is 0 Å². The minimum absolute atomic E-state index is 0. The molecule has 1 saturated heterocycles. The molecule has 0 radical (unpaired) electrons. The van der Waals surface area contributed by atoms with E-state index >= 15 is 0 Å². The topological polar surface area (TPSA) is 35.1 Å². The first kappa shape index (κ1) is 12.6. The molecule has 2 nitrogen and oxygen atoms in total. The van der Waals surface area contributed by atoms with Crippen LogP contribution in [-0.4, -0.2) is 20.2 Å². The largest absolute Gasteiger partial charge is 1.00 e. The van der Waals surface area contributed by atoms with E-state index in [1.54, 1.807) is 0 Å². The Bertz CT molecular complexity index is 28.5. The minimum Gasteiger partial charge on any atom is -0.857 e. The van der Waals surface area contributed by atoms with Crippen LogP contribution >= 0.6 is 0 Å². The summed E-state index contributed by atoms with van der Waals surface area (Å²) in [6.45, 7) is 2.50. The van der Waals surface area contributed by atoms with Gasteiger partial charge in [0.05, 0.1) is 0 Å². The van der Waals surface area contributed by atoms with Crippen LogP contribution in [0.1, 0.15) is 19.3 Å². The van der Waals surface area contributed by atoms with Crippen LogP contribution in [0.2, 0.25) is 0 Å². The van der Waals surface area contributed by atoms with Crippen molar-refractivity contribution < 1.29 is 34.7 Å². The van der Waals surface area contributed by atoms with E-state index in [0.717, 1.165) is 7.11 Å². The first-order chi connectivity index (χ1) is 4.00. The molecule has 0 unspecified atom stereocenters. The van der Waals surface area contributed by atoms with E-state index in [4.69, 9.17) is 5.11 Å². The van der Waals surface area contributed by atoms with Gasteiger partial charge in [0.25, 0.3) is 0 Å². The van der Waals surface area contributed by atoms with Crippen LogP contribution in [0, 0.1) is 0 Å². The third-order valence-corrected chi connectivity index (χ3v) is 1.21. The van der Waals surface area contributed by atoms with Crippen molar-refractivity contribution in [1.82, 2.24) is 5.32 Å². The predicted molar refractivity (Wildman–Crippen MR) is 32.6 cm³/mol. The zero-order chi connectivity index (χ0) is 6.24. The van der Waals surface area contributed by atoms with Crippen molar-refractivity contribution in [3.8, 4) is 0 Å². The predicted octanol–water partition coefficient (Wildman–Crippen LogP) is -3.26. The van der Waals surface area contributed by atoms with Gasteiger partial charge in [0, 0.05) is 0 Å². The summed E-state index contributed by atoms with van der Waals surface area (Å²) in [5, 5.41) is 11.5. The van der Waals surface area contributed by atoms with E-state index in [0.29, 0.717) is 0 Å². The quantitative estimate of drug-likeness (QED) is 0.358. The van der Waals surface area contributed by atoms with E-state index in [9.17, 15) is 0 Å². The van der Waals surface area contributed by atoms with Crippen LogP contribution < -0.4 is 40.0 Å². The molecule has 0 aromatic rings. The van der Waals surface area contributed by atoms with E-state index in [1.807, 2.05) is 0 Å². The standard InChI is InChI=1S/C5H11N.CH3O.Na/c1-2-4-6-5-3-1;1-2;/h6H,1-5H2;1H3;/q;-1;+1. The molecule has 1 N–H and O–H groups in total. The van der Waals surface area contributed by atoms with Gasteiger partial charge in [0.15, 0.2) is 0 Å².